The first kappa shape index (κ1) is 6.33. The summed E-state index contributed by atoms with van der Waals surface area (Å²) < 4.78 is 5.16. The zero-order valence-electron chi connectivity index (χ0n) is 5.77. The van der Waals surface area contributed by atoms with Gasteiger partial charge >= 0.3 is 0 Å². The molecule has 0 spiro atoms. The Bertz CT molecular complexity index is 162. The highest BCUT2D eigenvalue weighted by Crippen LogP contribution is 2.32. The first-order valence-electron chi connectivity index (χ1n) is 3.12. The minimum absolute atomic E-state index is 0.151. The van der Waals surface area contributed by atoms with Gasteiger partial charge in [-0.1, -0.05) is 6.92 Å². The number of rotatable bonds is 2. The van der Waals surface area contributed by atoms with Gasteiger partial charge in [0.15, 0.2) is 0 Å². The predicted octanol–water partition coefficient (Wildman–Crippen LogP) is 1.72. The van der Waals surface area contributed by atoms with E-state index in [1.807, 2.05) is 6.92 Å². The maximum atomic E-state index is 6.95. The minimum Gasteiger partial charge on any atom is -0.490 e. The molecule has 1 aliphatic heterocycles. The smallest absolute Gasteiger partial charge is 0.134 e. The molecule has 0 aromatic rings. The molecule has 1 N–H and O–H groups in total. The maximum Gasteiger partial charge on any atom is 0.134 e. The average molecular weight is 125 g/mol. The second-order valence-electron chi connectivity index (χ2n) is 2.42. The Hall–Kier alpha value is -0.790. The van der Waals surface area contributed by atoms with Gasteiger partial charge in [-0.2, -0.15) is 0 Å². The topological polar surface area (TPSA) is 33.1 Å². The molecule has 0 aromatic carbocycles. The van der Waals surface area contributed by atoms with Gasteiger partial charge in [0.1, 0.15) is 5.60 Å². The summed E-state index contributed by atoms with van der Waals surface area (Å²) in [5.41, 5.74) is 0.840. The van der Waals surface area contributed by atoms with Crippen molar-refractivity contribution in [2.75, 3.05) is 0 Å². The Morgan fingerprint density at radius 1 is 1.89 bits per heavy atom. The molecule has 0 aliphatic carbocycles. The standard InChI is InChI=1S/C7H11NO/c1-3-7(2)6(4-8)5-9-7/h4-5,8H,3H2,1-2H3. The monoisotopic (exact) mass is 125 g/mol. The number of hydrogen-bond acceptors (Lipinski definition) is 2. The van der Waals surface area contributed by atoms with Gasteiger partial charge in [0.2, 0.25) is 0 Å². The van der Waals surface area contributed by atoms with E-state index < -0.39 is 0 Å². The fourth-order valence-electron chi connectivity index (χ4n) is 0.802. The largest absolute Gasteiger partial charge is 0.490 e. The van der Waals surface area contributed by atoms with Gasteiger partial charge in [0.25, 0.3) is 0 Å². The Morgan fingerprint density at radius 3 is 2.67 bits per heavy atom. The van der Waals surface area contributed by atoms with Crippen LogP contribution in [0.2, 0.25) is 0 Å². The predicted molar refractivity (Wildman–Crippen MR) is 36.6 cm³/mol. The van der Waals surface area contributed by atoms with E-state index in [4.69, 9.17) is 10.1 Å². The Labute approximate surface area is 55.0 Å². The third-order valence-corrected chi connectivity index (χ3v) is 1.89. The lowest BCUT2D eigenvalue weighted by Gasteiger charge is -2.36. The van der Waals surface area contributed by atoms with Crippen molar-refractivity contribution in [3.8, 4) is 0 Å². The van der Waals surface area contributed by atoms with E-state index in [1.165, 1.54) is 6.21 Å². The molecule has 9 heavy (non-hydrogen) atoms. The van der Waals surface area contributed by atoms with Crippen LogP contribution in [0.3, 0.4) is 0 Å². The highest BCUT2D eigenvalue weighted by molar-refractivity contribution is 5.79. The average Bonchev–Trinajstić information content (AvgIpc) is 1.85. The Kier molecular flexibility index (Phi) is 1.31. The van der Waals surface area contributed by atoms with E-state index in [9.17, 15) is 0 Å². The lowest BCUT2D eigenvalue weighted by molar-refractivity contribution is 0.0287. The first-order chi connectivity index (χ1) is 4.23. The van der Waals surface area contributed by atoms with Crippen molar-refractivity contribution in [2.45, 2.75) is 25.9 Å². The Morgan fingerprint density at radius 2 is 2.56 bits per heavy atom. The van der Waals surface area contributed by atoms with E-state index >= 15 is 0 Å². The van der Waals surface area contributed by atoms with E-state index in [2.05, 4.69) is 6.92 Å². The molecule has 0 amide bonds. The molecule has 0 saturated heterocycles. The molecule has 50 valence electrons. The molecule has 0 fully saturated rings. The molecular weight excluding hydrogens is 114 g/mol. The SMILES string of the molecule is CCC1(C)OC=C1C=N. The third-order valence-electron chi connectivity index (χ3n) is 1.89. The van der Waals surface area contributed by atoms with Crippen LogP contribution in [0.15, 0.2) is 11.8 Å². The summed E-state index contributed by atoms with van der Waals surface area (Å²) in [5, 5.41) is 6.95. The fraction of sp³-hybridized carbons (Fsp3) is 0.571. The van der Waals surface area contributed by atoms with Crippen molar-refractivity contribution in [3.05, 3.63) is 11.8 Å². The molecular formula is C7H11NO. The van der Waals surface area contributed by atoms with Gasteiger partial charge in [-0.15, -0.1) is 0 Å². The zero-order valence-corrected chi connectivity index (χ0v) is 5.77. The Balaban J connectivity index is 2.69. The number of ether oxygens (including phenoxy) is 1. The van der Waals surface area contributed by atoms with Crippen molar-refractivity contribution >= 4 is 6.21 Å². The molecule has 0 saturated carbocycles. The fourth-order valence-corrected chi connectivity index (χ4v) is 0.802. The van der Waals surface area contributed by atoms with E-state index in [0.29, 0.717) is 0 Å². The molecule has 0 aromatic heterocycles. The van der Waals surface area contributed by atoms with Gasteiger partial charge < -0.3 is 10.1 Å². The van der Waals surface area contributed by atoms with E-state index in [0.717, 1.165) is 12.0 Å². The lowest BCUT2D eigenvalue weighted by atomic mass is 9.91. The molecule has 0 bridgehead atoms. The van der Waals surface area contributed by atoms with Crippen LogP contribution in [0.1, 0.15) is 20.3 Å². The number of hydrogen-bond donors (Lipinski definition) is 1. The minimum atomic E-state index is -0.151. The molecule has 2 heteroatoms. The second kappa shape index (κ2) is 1.87. The van der Waals surface area contributed by atoms with Crippen LogP contribution < -0.4 is 0 Å². The van der Waals surface area contributed by atoms with Crippen molar-refractivity contribution in [3.63, 3.8) is 0 Å². The number of nitrogens with one attached hydrogen (secondary N) is 1. The van der Waals surface area contributed by atoms with Crippen LogP contribution >= 0.6 is 0 Å². The quantitative estimate of drug-likeness (QED) is 0.560. The summed E-state index contributed by atoms with van der Waals surface area (Å²) in [6.45, 7) is 4.05. The summed E-state index contributed by atoms with van der Waals surface area (Å²) in [4.78, 5) is 0. The molecule has 2 nitrogen and oxygen atoms in total. The molecule has 1 heterocycles. The molecule has 1 aliphatic rings. The third kappa shape index (κ3) is 0.745. The van der Waals surface area contributed by atoms with Gasteiger partial charge in [-0.3, -0.25) is 0 Å². The van der Waals surface area contributed by atoms with E-state index in [-0.39, 0.29) is 5.60 Å². The highest BCUT2D eigenvalue weighted by Gasteiger charge is 2.33. The highest BCUT2D eigenvalue weighted by atomic mass is 16.5. The molecule has 1 atom stereocenters. The van der Waals surface area contributed by atoms with Crippen LogP contribution in [-0.4, -0.2) is 11.8 Å². The molecule has 1 rings (SSSR count). The summed E-state index contributed by atoms with van der Waals surface area (Å²) in [6, 6.07) is 0. The summed E-state index contributed by atoms with van der Waals surface area (Å²) in [5.74, 6) is 0. The second-order valence-corrected chi connectivity index (χ2v) is 2.42. The van der Waals surface area contributed by atoms with Crippen LogP contribution in [0.5, 0.6) is 0 Å². The summed E-state index contributed by atoms with van der Waals surface area (Å²) in [6.07, 6.45) is 3.93. The first-order valence-corrected chi connectivity index (χ1v) is 3.12. The van der Waals surface area contributed by atoms with Gasteiger partial charge in [-0.05, 0) is 13.3 Å². The van der Waals surface area contributed by atoms with Gasteiger partial charge in [0, 0.05) is 11.8 Å². The van der Waals surface area contributed by atoms with Gasteiger partial charge in [0.05, 0.1) is 6.26 Å². The van der Waals surface area contributed by atoms with Crippen molar-refractivity contribution in [1.82, 2.24) is 0 Å². The normalized spacial score (nSPS) is 32.0. The van der Waals surface area contributed by atoms with Crippen LogP contribution in [0.25, 0.3) is 0 Å². The lowest BCUT2D eigenvalue weighted by Crippen LogP contribution is -2.36. The molecule has 0 radical (unpaired) electrons. The van der Waals surface area contributed by atoms with Crippen molar-refractivity contribution < 1.29 is 4.74 Å². The zero-order chi connectivity index (χ0) is 6.91. The summed E-state index contributed by atoms with van der Waals surface area (Å²) >= 11 is 0. The summed E-state index contributed by atoms with van der Waals surface area (Å²) in [7, 11) is 0. The van der Waals surface area contributed by atoms with Crippen molar-refractivity contribution in [1.29, 1.82) is 5.41 Å². The van der Waals surface area contributed by atoms with Gasteiger partial charge in [-0.25, -0.2) is 0 Å². The van der Waals surface area contributed by atoms with Crippen molar-refractivity contribution in [2.24, 2.45) is 0 Å². The van der Waals surface area contributed by atoms with Crippen LogP contribution in [0, 0.1) is 5.41 Å². The maximum absolute atomic E-state index is 6.95. The van der Waals surface area contributed by atoms with Crippen LogP contribution in [-0.2, 0) is 4.74 Å². The molecule has 1 unspecified atom stereocenters. The van der Waals surface area contributed by atoms with E-state index in [1.54, 1.807) is 6.26 Å². The van der Waals surface area contributed by atoms with Crippen LogP contribution in [0.4, 0.5) is 0 Å².